The standard InChI is InChI=1S/C13H24N2O/c1-12(2)11-15(8-4-7-14)9-6-13-5-3-10-16-13/h12-13H,3-6,8-11H2,1-2H3. The van der Waals surface area contributed by atoms with Crippen LogP contribution in [0.3, 0.4) is 0 Å². The molecule has 1 aliphatic rings. The van der Waals surface area contributed by atoms with Crippen molar-refractivity contribution in [2.75, 3.05) is 26.2 Å². The van der Waals surface area contributed by atoms with Crippen molar-refractivity contribution < 1.29 is 4.74 Å². The molecule has 16 heavy (non-hydrogen) atoms. The summed E-state index contributed by atoms with van der Waals surface area (Å²) in [6, 6.07) is 2.23. The molecule has 0 aromatic carbocycles. The van der Waals surface area contributed by atoms with Crippen LogP contribution in [0.4, 0.5) is 0 Å². The highest BCUT2D eigenvalue weighted by Crippen LogP contribution is 2.16. The molecule has 1 unspecified atom stereocenters. The summed E-state index contributed by atoms with van der Waals surface area (Å²) in [4.78, 5) is 2.40. The first-order valence-electron chi connectivity index (χ1n) is 6.43. The number of ether oxygens (including phenoxy) is 1. The van der Waals surface area contributed by atoms with E-state index in [9.17, 15) is 0 Å². The summed E-state index contributed by atoms with van der Waals surface area (Å²) < 4.78 is 5.62. The predicted octanol–water partition coefficient (Wildman–Crippen LogP) is 2.43. The summed E-state index contributed by atoms with van der Waals surface area (Å²) in [5.41, 5.74) is 0. The van der Waals surface area contributed by atoms with Crippen LogP contribution in [0.25, 0.3) is 0 Å². The fourth-order valence-electron chi connectivity index (χ4n) is 2.22. The SMILES string of the molecule is CC(C)CN(CCC#N)CCC1CCCO1. The largest absolute Gasteiger partial charge is 0.378 e. The smallest absolute Gasteiger partial charge is 0.0635 e. The molecule has 0 spiro atoms. The molecule has 1 aliphatic heterocycles. The van der Waals surface area contributed by atoms with Gasteiger partial charge in [0.05, 0.1) is 12.2 Å². The molecule has 0 aromatic rings. The zero-order valence-corrected chi connectivity index (χ0v) is 10.6. The van der Waals surface area contributed by atoms with E-state index in [2.05, 4.69) is 24.8 Å². The Hall–Kier alpha value is -0.590. The summed E-state index contributed by atoms with van der Waals surface area (Å²) in [5.74, 6) is 0.670. The molecule has 0 aliphatic carbocycles. The van der Waals surface area contributed by atoms with Crippen LogP contribution in [-0.2, 0) is 4.74 Å². The first kappa shape index (κ1) is 13.5. The van der Waals surface area contributed by atoms with Gasteiger partial charge in [-0.05, 0) is 25.2 Å². The molecule has 1 fully saturated rings. The van der Waals surface area contributed by atoms with E-state index in [-0.39, 0.29) is 0 Å². The lowest BCUT2D eigenvalue weighted by atomic mass is 10.1. The Morgan fingerprint density at radius 1 is 1.44 bits per heavy atom. The topological polar surface area (TPSA) is 36.3 Å². The van der Waals surface area contributed by atoms with Gasteiger partial charge in [-0.15, -0.1) is 0 Å². The minimum Gasteiger partial charge on any atom is -0.378 e. The van der Waals surface area contributed by atoms with Gasteiger partial charge >= 0.3 is 0 Å². The van der Waals surface area contributed by atoms with Gasteiger partial charge in [0, 0.05) is 32.7 Å². The van der Waals surface area contributed by atoms with Crippen LogP contribution in [0, 0.1) is 17.2 Å². The number of hydrogen-bond acceptors (Lipinski definition) is 3. The number of nitrogens with zero attached hydrogens (tertiary/aromatic N) is 2. The van der Waals surface area contributed by atoms with Crippen molar-refractivity contribution in [3.63, 3.8) is 0 Å². The molecule has 0 amide bonds. The number of rotatable bonds is 7. The minimum absolute atomic E-state index is 0.469. The van der Waals surface area contributed by atoms with Crippen molar-refractivity contribution in [2.45, 2.75) is 45.6 Å². The second kappa shape index (κ2) is 7.65. The first-order chi connectivity index (χ1) is 7.72. The summed E-state index contributed by atoms with van der Waals surface area (Å²) >= 11 is 0. The lowest BCUT2D eigenvalue weighted by Gasteiger charge is -2.24. The van der Waals surface area contributed by atoms with E-state index in [1.807, 2.05) is 0 Å². The third-order valence-corrected chi connectivity index (χ3v) is 2.95. The highest BCUT2D eigenvalue weighted by molar-refractivity contribution is 4.74. The van der Waals surface area contributed by atoms with E-state index >= 15 is 0 Å². The van der Waals surface area contributed by atoms with E-state index in [1.54, 1.807) is 0 Å². The monoisotopic (exact) mass is 224 g/mol. The fourth-order valence-corrected chi connectivity index (χ4v) is 2.22. The quantitative estimate of drug-likeness (QED) is 0.666. The second-order valence-electron chi connectivity index (χ2n) is 5.03. The van der Waals surface area contributed by atoms with Gasteiger partial charge < -0.3 is 9.64 Å². The zero-order valence-electron chi connectivity index (χ0n) is 10.6. The van der Waals surface area contributed by atoms with Crippen LogP contribution in [-0.4, -0.2) is 37.2 Å². The molecule has 0 saturated carbocycles. The molecule has 92 valence electrons. The van der Waals surface area contributed by atoms with Crippen molar-refractivity contribution in [1.82, 2.24) is 4.90 Å². The Morgan fingerprint density at radius 2 is 2.25 bits per heavy atom. The first-order valence-corrected chi connectivity index (χ1v) is 6.43. The average molecular weight is 224 g/mol. The van der Waals surface area contributed by atoms with Crippen molar-refractivity contribution in [2.24, 2.45) is 5.92 Å². The molecule has 3 heteroatoms. The van der Waals surface area contributed by atoms with Gasteiger partial charge in [-0.1, -0.05) is 13.8 Å². The Balaban J connectivity index is 2.22. The van der Waals surface area contributed by atoms with Gasteiger partial charge in [-0.3, -0.25) is 0 Å². The van der Waals surface area contributed by atoms with Crippen molar-refractivity contribution in [1.29, 1.82) is 5.26 Å². The second-order valence-corrected chi connectivity index (χ2v) is 5.03. The van der Waals surface area contributed by atoms with Crippen LogP contribution in [0.15, 0.2) is 0 Å². The normalized spacial score (nSPS) is 20.6. The van der Waals surface area contributed by atoms with Gasteiger partial charge in [-0.2, -0.15) is 5.26 Å². The van der Waals surface area contributed by atoms with Gasteiger partial charge in [-0.25, -0.2) is 0 Å². The van der Waals surface area contributed by atoms with Gasteiger partial charge in [0.15, 0.2) is 0 Å². The summed E-state index contributed by atoms with van der Waals surface area (Å²) in [7, 11) is 0. The summed E-state index contributed by atoms with van der Waals surface area (Å²) in [6.07, 6.45) is 4.66. The Labute approximate surface area is 99.4 Å². The maximum absolute atomic E-state index is 8.63. The molecule has 1 saturated heterocycles. The number of nitriles is 1. The van der Waals surface area contributed by atoms with E-state index in [4.69, 9.17) is 10.00 Å². The van der Waals surface area contributed by atoms with E-state index in [0.29, 0.717) is 18.4 Å². The molecule has 0 N–H and O–H groups in total. The van der Waals surface area contributed by atoms with Crippen LogP contribution in [0.1, 0.15) is 39.5 Å². The molecule has 1 rings (SSSR count). The number of hydrogen-bond donors (Lipinski definition) is 0. The van der Waals surface area contributed by atoms with Gasteiger partial charge in [0.2, 0.25) is 0 Å². The highest BCUT2D eigenvalue weighted by Gasteiger charge is 2.17. The van der Waals surface area contributed by atoms with Gasteiger partial charge in [0.1, 0.15) is 0 Å². The van der Waals surface area contributed by atoms with Crippen LogP contribution in [0.2, 0.25) is 0 Å². The van der Waals surface area contributed by atoms with Crippen molar-refractivity contribution in [3.05, 3.63) is 0 Å². The Morgan fingerprint density at radius 3 is 2.81 bits per heavy atom. The maximum Gasteiger partial charge on any atom is 0.0635 e. The van der Waals surface area contributed by atoms with Crippen molar-refractivity contribution in [3.8, 4) is 6.07 Å². The van der Waals surface area contributed by atoms with E-state index in [0.717, 1.165) is 32.7 Å². The molecule has 0 bridgehead atoms. The molecular formula is C13H24N2O. The lowest BCUT2D eigenvalue weighted by molar-refractivity contribution is 0.0905. The lowest BCUT2D eigenvalue weighted by Crippen LogP contribution is -2.31. The van der Waals surface area contributed by atoms with Crippen molar-refractivity contribution >= 4 is 0 Å². The van der Waals surface area contributed by atoms with Gasteiger partial charge in [0.25, 0.3) is 0 Å². The third-order valence-electron chi connectivity index (χ3n) is 2.95. The highest BCUT2D eigenvalue weighted by atomic mass is 16.5. The Kier molecular flexibility index (Phi) is 6.44. The van der Waals surface area contributed by atoms with E-state index in [1.165, 1.54) is 12.8 Å². The molecule has 1 heterocycles. The average Bonchev–Trinajstić information content (AvgIpc) is 2.74. The van der Waals surface area contributed by atoms with E-state index < -0.39 is 0 Å². The summed E-state index contributed by atoms with van der Waals surface area (Å²) in [5, 5.41) is 8.63. The zero-order chi connectivity index (χ0) is 11.8. The minimum atomic E-state index is 0.469. The van der Waals surface area contributed by atoms with Crippen LogP contribution < -0.4 is 0 Å². The van der Waals surface area contributed by atoms with Crippen LogP contribution >= 0.6 is 0 Å². The third kappa shape index (κ3) is 5.48. The summed E-state index contributed by atoms with van der Waals surface area (Å²) in [6.45, 7) is 8.46. The molecular weight excluding hydrogens is 200 g/mol. The molecule has 1 atom stereocenters. The Bertz CT molecular complexity index is 216. The fraction of sp³-hybridized carbons (Fsp3) is 0.923. The molecule has 0 aromatic heterocycles. The molecule has 3 nitrogen and oxygen atoms in total. The maximum atomic E-state index is 8.63. The predicted molar refractivity (Wildman–Crippen MR) is 65.1 cm³/mol. The molecule has 0 radical (unpaired) electrons. The van der Waals surface area contributed by atoms with Crippen LogP contribution in [0.5, 0.6) is 0 Å².